The Morgan fingerprint density at radius 3 is 2.86 bits per heavy atom. The number of anilines is 1. The van der Waals surface area contributed by atoms with Crippen molar-refractivity contribution in [2.45, 2.75) is 24.8 Å². The van der Waals surface area contributed by atoms with Crippen molar-refractivity contribution < 1.29 is 8.42 Å². The van der Waals surface area contributed by atoms with Gasteiger partial charge in [0, 0.05) is 19.8 Å². The molecule has 0 radical (unpaired) electrons. The van der Waals surface area contributed by atoms with Crippen LogP contribution in [0.2, 0.25) is 0 Å². The molecule has 2 rings (SSSR count). The van der Waals surface area contributed by atoms with Crippen LogP contribution in [-0.2, 0) is 23.6 Å². The van der Waals surface area contributed by atoms with Gasteiger partial charge in [-0.05, 0) is 18.6 Å². The summed E-state index contributed by atoms with van der Waals surface area (Å²) in [5.41, 5.74) is 0. The van der Waals surface area contributed by atoms with E-state index in [1.165, 1.54) is 12.4 Å². The van der Waals surface area contributed by atoms with E-state index >= 15 is 0 Å². The fraction of sp³-hybridized carbons (Fsp3) is 0.417. The Morgan fingerprint density at radius 2 is 2.19 bits per heavy atom. The number of pyridine rings is 1. The average Bonchev–Trinajstić information content (AvgIpc) is 2.89. The van der Waals surface area contributed by atoms with Crippen LogP contribution in [0.5, 0.6) is 0 Å². The molecule has 9 heteroatoms. The van der Waals surface area contributed by atoms with E-state index in [1.807, 2.05) is 6.92 Å². The molecule has 0 fully saturated rings. The van der Waals surface area contributed by atoms with Crippen molar-refractivity contribution in [1.29, 1.82) is 0 Å². The molecule has 114 valence electrons. The Bertz CT molecular complexity index is 697. The number of nitrogens with zero attached hydrogens (tertiary/aromatic N) is 4. The summed E-state index contributed by atoms with van der Waals surface area (Å²) < 4.78 is 28.9. The van der Waals surface area contributed by atoms with Crippen molar-refractivity contribution in [2.75, 3.05) is 11.9 Å². The zero-order chi connectivity index (χ0) is 15.3. The van der Waals surface area contributed by atoms with E-state index in [2.05, 4.69) is 25.2 Å². The van der Waals surface area contributed by atoms with E-state index in [0.717, 1.165) is 6.42 Å². The molecule has 0 saturated heterocycles. The van der Waals surface area contributed by atoms with E-state index in [-0.39, 0.29) is 11.4 Å². The lowest BCUT2D eigenvalue weighted by atomic mass is 10.4. The van der Waals surface area contributed by atoms with Gasteiger partial charge in [-0.2, -0.15) is 0 Å². The maximum absolute atomic E-state index is 12.4. The topological polar surface area (TPSA) is 102 Å². The van der Waals surface area contributed by atoms with Crippen molar-refractivity contribution in [1.82, 2.24) is 24.5 Å². The fourth-order valence-corrected chi connectivity index (χ4v) is 2.80. The maximum Gasteiger partial charge on any atom is 0.244 e. The molecule has 0 unspecified atom stereocenters. The zero-order valence-corrected chi connectivity index (χ0v) is 12.8. The first kappa shape index (κ1) is 15.4. The van der Waals surface area contributed by atoms with Gasteiger partial charge in [-0.15, -0.1) is 10.2 Å². The van der Waals surface area contributed by atoms with Crippen LogP contribution < -0.4 is 10.0 Å². The van der Waals surface area contributed by atoms with Gasteiger partial charge in [-0.25, -0.2) is 18.1 Å². The Morgan fingerprint density at radius 1 is 1.38 bits per heavy atom. The summed E-state index contributed by atoms with van der Waals surface area (Å²) >= 11 is 0. The lowest BCUT2D eigenvalue weighted by Crippen LogP contribution is -2.26. The SMILES string of the molecule is CCCNc1ncccc1S(=O)(=O)NCc1nncn1C. The van der Waals surface area contributed by atoms with Crippen LogP contribution in [0.3, 0.4) is 0 Å². The van der Waals surface area contributed by atoms with Gasteiger partial charge < -0.3 is 9.88 Å². The number of rotatable bonds is 7. The molecule has 0 aliphatic heterocycles. The Kier molecular flexibility index (Phi) is 4.86. The number of aryl methyl sites for hydroxylation is 1. The van der Waals surface area contributed by atoms with Crippen LogP contribution in [-0.4, -0.2) is 34.7 Å². The normalized spacial score (nSPS) is 11.5. The van der Waals surface area contributed by atoms with Crippen LogP contribution >= 0.6 is 0 Å². The van der Waals surface area contributed by atoms with Crippen LogP contribution in [0.25, 0.3) is 0 Å². The van der Waals surface area contributed by atoms with Crippen molar-refractivity contribution in [3.63, 3.8) is 0 Å². The van der Waals surface area contributed by atoms with Gasteiger partial charge in [0.1, 0.15) is 22.9 Å². The molecule has 0 bridgehead atoms. The second kappa shape index (κ2) is 6.64. The van der Waals surface area contributed by atoms with Gasteiger partial charge in [-0.3, -0.25) is 0 Å². The summed E-state index contributed by atoms with van der Waals surface area (Å²) in [5.74, 6) is 0.885. The Labute approximate surface area is 123 Å². The van der Waals surface area contributed by atoms with E-state index in [0.29, 0.717) is 18.2 Å². The fourth-order valence-electron chi connectivity index (χ4n) is 1.69. The van der Waals surface area contributed by atoms with E-state index in [4.69, 9.17) is 0 Å². The first-order valence-electron chi connectivity index (χ1n) is 6.56. The zero-order valence-electron chi connectivity index (χ0n) is 11.9. The predicted octanol–water partition coefficient (Wildman–Crippen LogP) is 0.510. The predicted molar refractivity (Wildman–Crippen MR) is 78.0 cm³/mol. The third kappa shape index (κ3) is 3.76. The second-order valence-electron chi connectivity index (χ2n) is 4.46. The average molecular weight is 310 g/mol. The van der Waals surface area contributed by atoms with Gasteiger partial charge in [-0.1, -0.05) is 6.92 Å². The van der Waals surface area contributed by atoms with Gasteiger partial charge >= 0.3 is 0 Å². The summed E-state index contributed by atoms with van der Waals surface area (Å²) in [6.45, 7) is 2.72. The minimum Gasteiger partial charge on any atom is -0.369 e. The van der Waals surface area contributed by atoms with Gasteiger partial charge in [0.05, 0.1) is 6.54 Å². The minimum atomic E-state index is -3.67. The first-order chi connectivity index (χ1) is 10.0. The summed E-state index contributed by atoms with van der Waals surface area (Å²) in [5, 5.41) is 10.6. The van der Waals surface area contributed by atoms with Gasteiger partial charge in [0.2, 0.25) is 10.0 Å². The molecule has 21 heavy (non-hydrogen) atoms. The van der Waals surface area contributed by atoms with Crippen molar-refractivity contribution >= 4 is 15.8 Å². The molecule has 0 aliphatic carbocycles. The highest BCUT2D eigenvalue weighted by molar-refractivity contribution is 7.89. The Balaban J connectivity index is 2.17. The highest BCUT2D eigenvalue weighted by Crippen LogP contribution is 2.17. The number of nitrogens with one attached hydrogen (secondary N) is 2. The van der Waals surface area contributed by atoms with Crippen molar-refractivity contribution in [2.24, 2.45) is 7.05 Å². The lowest BCUT2D eigenvalue weighted by molar-refractivity contribution is 0.577. The molecule has 0 amide bonds. The smallest absolute Gasteiger partial charge is 0.244 e. The third-order valence-corrected chi connectivity index (χ3v) is 4.26. The molecule has 0 aromatic carbocycles. The molecule has 2 aromatic rings. The second-order valence-corrected chi connectivity index (χ2v) is 6.19. The molecule has 2 aromatic heterocycles. The number of sulfonamides is 1. The van der Waals surface area contributed by atoms with E-state index in [1.54, 1.807) is 23.9 Å². The molecule has 0 aliphatic rings. The van der Waals surface area contributed by atoms with Crippen molar-refractivity contribution in [3.05, 3.63) is 30.5 Å². The maximum atomic E-state index is 12.4. The first-order valence-corrected chi connectivity index (χ1v) is 8.04. The van der Waals surface area contributed by atoms with Gasteiger partial charge in [0.25, 0.3) is 0 Å². The van der Waals surface area contributed by atoms with E-state index < -0.39 is 10.0 Å². The third-order valence-electron chi connectivity index (χ3n) is 2.83. The monoisotopic (exact) mass is 310 g/mol. The molecule has 0 saturated carbocycles. The molecule has 2 heterocycles. The lowest BCUT2D eigenvalue weighted by Gasteiger charge is -2.11. The molecule has 0 spiro atoms. The molecular weight excluding hydrogens is 292 g/mol. The summed E-state index contributed by atoms with van der Waals surface area (Å²) in [4.78, 5) is 4.21. The number of aromatic nitrogens is 4. The van der Waals surface area contributed by atoms with Crippen LogP contribution in [0, 0.1) is 0 Å². The highest BCUT2D eigenvalue weighted by atomic mass is 32.2. The van der Waals surface area contributed by atoms with Crippen molar-refractivity contribution in [3.8, 4) is 0 Å². The highest BCUT2D eigenvalue weighted by Gasteiger charge is 2.19. The summed E-state index contributed by atoms with van der Waals surface area (Å²) in [6.07, 6.45) is 3.95. The van der Waals surface area contributed by atoms with Crippen LogP contribution in [0.15, 0.2) is 29.6 Å². The molecule has 8 nitrogen and oxygen atoms in total. The van der Waals surface area contributed by atoms with Crippen LogP contribution in [0.4, 0.5) is 5.82 Å². The largest absolute Gasteiger partial charge is 0.369 e. The molecule has 0 atom stereocenters. The number of hydrogen-bond acceptors (Lipinski definition) is 6. The molecule has 2 N–H and O–H groups in total. The Hall–Kier alpha value is -2.00. The van der Waals surface area contributed by atoms with Crippen LogP contribution in [0.1, 0.15) is 19.2 Å². The quantitative estimate of drug-likeness (QED) is 0.772. The standard InChI is InChI=1S/C12H18N6O2S/c1-3-6-13-12-10(5-4-7-14-12)21(19,20)16-8-11-17-15-9-18(11)2/h4-5,7,9,16H,3,6,8H2,1-2H3,(H,13,14). The number of hydrogen-bond donors (Lipinski definition) is 2. The minimum absolute atomic E-state index is 0.0704. The summed E-state index contributed by atoms with van der Waals surface area (Å²) in [7, 11) is -1.92. The van der Waals surface area contributed by atoms with E-state index in [9.17, 15) is 8.42 Å². The molecular formula is C12H18N6O2S. The summed E-state index contributed by atoms with van der Waals surface area (Å²) in [6, 6.07) is 3.11. The van der Waals surface area contributed by atoms with Gasteiger partial charge in [0.15, 0.2) is 0 Å².